The van der Waals surface area contributed by atoms with Crippen LogP contribution in [0, 0.1) is 0 Å². The highest BCUT2D eigenvalue weighted by Gasteiger charge is 2.14. The minimum Gasteiger partial charge on any atom is -0.450 e. The normalized spacial score (nSPS) is 12.6. The lowest BCUT2D eigenvalue weighted by molar-refractivity contribution is 0.462. The molecule has 0 saturated carbocycles. The molecular weight excluding hydrogens is 312 g/mol. The first-order valence-corrected chi connectivity index (χ1v) is 8.37. The summed E-state index contributed by atoms with van der Waals surface area (Å²) in [5, 5.41) is 0. The van der Waals surface area contributed by atoms with Crippen LogP contribution in [0.2, 0.25) is 0 Å². The first-order valence-electron chi connectivity index (χ1n) is 7.57. The molecule has 1 rings (SSSR count). The maximum absolute atomic E-state index is 5.83. The van der Waals surface area contributed by atoms with Crippen molar-refractivity contribution in [1.29, 1.82) is 0 Å². The van der Waals surface area contributed by atoms with Gasteiger partial charge >= 0.3 is 0 Å². The van der Waals surface area contributed by atoms with E-state index in [1.54, 1.807) is 0 Å². The van der Waals surface area contributed by atoms with Gasteiger partial charge in [0.25, 0.3) is 0 Å². The fourth-order valence-electron chi connectivity index (χ4n) is 1.97. The van der Waals surface area contributed by atoms with E-state index in [2.05, 4.69) is 67.9 Å². The van der Waals surface area contributed by atoms with Gasteiger partial charge in [0.1, 0.15) is 5.75 Å². The largest absolute Gasteiger partial charge is 0.450 e. The van der Waals surface area contributed by atoms with Crippen LogP contribution in [0.25, 0.3) is 0 Å². The molecule has 1 aromatic carbocycles. The first kappa shape index (κ1) is 17.3. The number of ether oxygens (including phenoxy) is 1. The van der Waals surface area contributed by atoms with Gasteiger partial charge < -0.3 is 4.74 Å². The van der Waals surface area contributed by atoms with Crippen LogP contribution in [0.1, 0.15) is 65.4 Å². The standard InChI is InChI=1S/C18H27BrO/c1-5-6-7-8-9-13-17(19)20-16-12-10-11-15(14-16)18(2,3)4/h10-14H,5-9H2,1-4H3/b17-13+. The Hall–Kier alpha value is -0.760. The lowest BCUT2D eigenvalue weighted by Crippen LogP contribution is -2.10. The molecule has 2 heteroatoms. The summed E-state index contributed by atoms with van der Waals surface area (Å²) < 4.78 is 6.65. The van der Waals surface area contributed by atoms with Crippen molar-refractivity contribution < 1.29 is 4.74 Å². The van der Waals surface area contributed by atoms with Crippen molar-refractivity contribution in [2.45, 2.75) is 65.2 Å². The average Bonchev–Trinajstić information content (AvgIpc) is 2.38. The fraction of sp³-hybridized carbons (Fsp3) is 0.556. The minimum atomic E-state index is 0.149. The molecule has 0 N–H and O–H groups in total. The van der Waals surface area contributed by atoms with Gasteiger partial charge in [-0.1, -0.05) is 59.1 Å². The third-order valence-corrected chi connectivity index (χ3v) is 3.76. The molecular formula is C18H27BrO. The number of rotatable bonds is 7. The summed E-state index contributed by atoms with van der Waals surface area (Å²) in [7, 11) is 0. The molecule has 1 nitrogen and oxygen atoms in total. The van der Waals surface area contributed by atoms with Crippen LogP contribution in [-0.2, 0) is 5.41 Å². The van der Waals surface area contributed by atoms with Gasteiger partial charge in [-0.25, -0.2) is 0 Å². The zero-order chi connectivity index (χ0) is 15.0. The molecule has 20 heavy (non-hydrogen) atoms. The van der Waals surface area contributed by atoms with Crippen molar-refractivity contribution in [3.63, 3.8) is 0 Å². The lowest BCUT2D eigenvalue weighted by atomic mass is 9.87. The second kappa shape index (κ2) is 8.51. The van der Waals surface area contributed by atoms with Gasteiger partial charge in [-0.2, -0.15) is 0 Å². The molecule has 0 aliphatic heterocycles. The average molecular weight is 339 g/mol. The molecule has 0 aliphatic rings. The van der Waals surface area contributed by atoms with Gasteiger partial charge in [0.05, 0.1) is 0 Å². The zero-order valence-electron chi connectivity index (χ0n) is 13.2. The summed E-state index contributed by atoms with van der Waals surface area (Å²) in [4.78, 5) is 0. The van der Waals surface area contributed by atoms with Crippen LogP contribution in [0.4, 0.5) is 0 Å². The topological polar surface area (TPSA) is 9.23 Å². The third kappa shape index (κ3) is 6.60. The van der Waals surface area contributed by atoms with Gasteiger partial charge in [-0.05, 0) is 58.0 Å². The Kier molecular flexibility index (Phi) is 7.36. The van der Waals surface area contributed by atoms with Crippen molar-refractivity contribution in [2.75, 3.05) is 0 Å². The van der Waals surface area contributed by atoms with E-state index in [0.29, 0.717) is 0 Å². The SMILES string of the molecule is CCCCCC/C=C(\Br)Oc1cccc(C(C)(C)C)c1. The van der Waals surface area contributed by atoms with Crippen LogP contribution in [0.5, 0.6) is 5.75 Å². The number of hydrogen-bond donors (Lipinski definition) is 0. The predicted octanol–water partition coefficient (Wildman–Crippen LogP) is 6.57. The highest BCUT2D eigenvalue weighted by atomic mass is 79.9. The Labute approximate surface area is 132 Å². The van der Waals surface area contributed by atoms with E-state index < -0.39 is 0 Å². The van der Waals surface area contributed by atoms with E-state index >= 15 is 0 Å². The van der Waals surface area contributed by atoms with Gasteiger partial charge in [-0.15, -0.1) is 0 Å². The van der Waals surface area contributed by atoms with Crippen molar-refractivity contribution in [3.8, 4) is 5.75 Å². The summed E-state index contributed by atoms with van der Waals surface area (Å²) in [6.45, 7) is 8.87. The molecule has 0 bridgehead atoms. The Bertz CT molecular complexity index is 429. The van der Waals surface area contributed by atoms with E-state index in [-0.39, 0.29) is 5.41 Å². The van der Waals surface area contributed by atoms with Crippen LogP contribution in [0.15, 0.2) is 35.0 Å². The highest BCUT2D eigenvalue weighted by Crippen LogP contribution is 2.27. The van der Waals surface area contributed by atoms with Gasteiger partial charge in [0, 0.05) is 0 Å². The molecule has 0 heterocycles. The van der Waals surface area contributed by atoms with Crippen molar-refractivity contribution in [3.05, 3.63) is 40.6 Å². The Morgan fingerprint density at radius 1 is 1.20 bits per heavy atom. The lowest BCUT2D eigenvalue weighted by Gasteiger charge is -2.19. The number of benzene rings is 1. The van der Waals surface area contributed by atoms with Crippen molar-refractivity contribution in [2.24, 2.45) is 0 Å². The monoisotopic (exact) mass is 338 g/mol. The van der Waals surface area contributed by atoms with E-state index in [0.717, 1.165) is 16.8 Å². The molecule has 0 fully saturated rings. The summed E-state index contributed by atoms with van der Waals surface area (Å²) in [5.41, 5.74) is 1.44. The summed E-state index contributed by atoms with van der Waals surface area (Å²) in [6, 6.07) is 8.32. The summed E-state index contributed by atoms with van der Waals surface area (Å²) >= 11 is 3.50. The number of hydrogen-bond acceptors (Lipinski definition) is 1. The maximum atomic E-state index is 5.83. The highest BCUT2D eigenvalue weighted by molar-refractivity contribution is 9.11. The predicted molar refractivity (Wildman–Crippen MR) is 91.5 cm³/mol. The van der Waals surface area contributed by atoms with Gasteiger partial charge in [0.2, 0.25) is 0 Å². The molecule has 0 aliphatic carbocycles. The smallest absolute Gasteiger partial charge is 0.165 e. The van der Waals surface area contributed by atoms with E-state index in [4.69, 9.17) is 4.74 Å². The van der Waals surface area contributed by atoms with E-state index in [1.165, 1.54) is 31.2 Å². The molecule has 0 spiro atoms. The number of halogens is 1. The Balaban J connectivity index is 2.53. The quantitative estimate of drug-likeness (QED) is 0.403. The Morgan fingerprint density at radius 2 is 1.95 bits per heavy atom. The van der Waals surface area contributed by atoms with Gasteiger partial charge in [-0.3, -0.25) is 0 Å². The molecule has 112 valence electrons. The maximum Gasteiger partial charge on any atom is 0.165 e. The number of unbranched alkanes of at least 4 members (excludes halogenated alkanes) is 4. The second-order valence-electron chi connectivity index (χ2n) is 6.24. The number of allylic oxidation sites excluding steroid dienone is 1. The van der Waals surface area contributed by atoms with Crippen molar-refractivity contribution >= 4 is 15.9 Å². The molecule has 0 aromatic heterocycles. The van der Waals surface area contributed by atoms with Crippen LogP contribution in [-0.4, -0.2) is 0 Å². The summed E-state index contributed by atoms with van der Waals surface area (Å²) in [5.74, 6) is 0.897. The van der Waals surface area contributed by atoms with Gasteiger partial charge in [0.15, 0.2) is 4.67 Å². The Morgan fingerprint density at radius 3 is 2.60 bits per heavy atom. The zero-order valence-corrected chi connectivity index (χ0v) is 14.8. The minimum absolute atomic E-state index is 0.149. The first-order chi connectivity index (χ1) is 9.43. The van der Waals surface area contributed by atoms with E-state index in [9.17, 15) is 0 Å². The molecule has 1 aromatic rings. The molecule has 0 unspecified atom stereocenters. The molecule has 0 radical (unpaired) electrons. The fourth-order valence-corrected chi connectivity index (χ4v) is 2.38. The van der Waals surface area contributed by atoms with Crippen LogP contribution in [0.3, 0.4) is 0 Å². The van der Waals surface area contributed by atoms with Crippen molar-refractivity contribution in [1.82, 2.24) is 0 Å². The van der Waals surface area contributed by atoms with Crippen LogP contribution >= 0.6 is 15.9 Å². The molecule has 0 atom stereocenters. The second-order valence-corrected chi connectivity index (χ2v) is 7.02. The molecule has 0 amide bonds. The van der Waals surface area contributed by atoms with Crippen LogP contribution < -0.4 is 4.74 Å². The summed E-state index contributed by atoms with van der Waals surface area (Å²) in [6.07, 6.45) is 8.32. The molecule has 0 saturated heterocycles. The third-order valence-electron chi connectivity index (χ3n) is 3.28. The van der Waals surface area contributed by atoms with E-state index in [1.807, 2.05) is 6.07 Å².